The number of benzene rings is 1. The molecule has 1 amide bonds. The Kier molecular flexibility index (Phi) is 5.50. The van der Waals surface area contributed by atoms with Crippen LogP contribution in [0.4, 0.5) is 0 Å². The predicted octanol–water partition coefficient (Wildman–Crippen LogP) is 0.840. The summed E-state index contributed by atoms with van der Waals surface area (Å²) < 4.78 is 1.88. The third kappa shape index (κ3) is 4.20. The minimum atomic E-state index is 0.0828. The van der Waals surface area contributed by atoms with E-state index < -0.39 is 0 Å². The molecule has 4 heterocycles. The van der Waals surface area contributed by atoms with Crippen LogP contribution in [0, 0.1) is 11.8 Å². The van der Waals surface area contributed by atoms with E-state index in [0.29, 0.717) is 24.9 Å². The van der Waals surface area contributed by atoms with Crippen LogP contribution in [0.2, 0.25) is 0 Å². The molecule has 2 aromatic rings. The van der Waals surface area contributed by atoms with Gasteiger partial charge in [0.1, 0.15) is 0 Å². The highest BCUT2D eigenvalue weighted by Gasteiger charge is 2.43. The zero-order valence-electron chi connectivity index (χ0n) is 15.5. The lowest BCUT2D eigenvalue weighted by Gasteiger charge is -2.49. The first-order chi connectivity index (χ1) is 13.2. The molecule has 4 atom stereocenters. The maximum absolute atomic E-state index is 12.7. The molecule has 3 fully saturated rings. The van der Waals surface area contributed by atoms with E-state index in [2.05, 4.69) is 20.5 Å². The number of nitrogens with one attached hydrogen (secondary N) is 1. The summed E-state index contributed by atoms with van der Waals surface area (Å²) in [6.45, 7) is 3.37. The van der Waals surface area contributed by atoms with E-state index in [0.717, 1.165) is 43.7 Å². The monoisotopic (exact) mass is 369 g/mol. The van der Waals surface area contributed by atoms with Crippen LogP contribution in [0.3, 0.4) is 0 Å². The standard InChI is InChI=1S/C20H27N5O2/c26-9-7-17-12-25(23-22-17)13-18-10-16-6-8-24(18)14-19(16)20(27)21-11-15-4-2-1-3-5-15/h1-5,12,16,18-19,26H,6-11,13-14H2,(H,21,27)/t16-,18+,19-/m0/s1. The van der Waals surface area contributed by atoms with Crippen molar-refractivity contribution in [2.24, 2.45) is 11.8 Å². The van der Waals surface area contributed by atoms with E-state index in [9.17, 15) is 4.79 Å². The summed E-state index contributed by atoms with van der Waals surface area (Å²) in [5, 5.41) is 20.4. The lowest BCUT2D eigenvalue weighted by atomic mass is 9.75. The fraction of sp³-hybridized carbons (Fsp3) is 0.550. The zero-order chi connectivity index (χ0) is 18.6. The number of aliphatic hydroxyl groups excluding tert-OH is 1. The van der Waals surface area contributed by atoms with Crippen LogP contribution < -0.4 is 5.32 Å². The summed E-state index contributed by atoms with van der Waals surface area (Å²) >= 11 is 0. The van der Waals surface area contributed by atoms with Gasteiger partial charge in [-0.05, 0) is 30.9 Å². The maximum Gasteiger partial charge on any atom is 0.224 e. The van der Waals surface area contributed by atoms with Crippen LogP contribution in [0.1, 0.15) is 24.1 Å². The average Bonchev–Trinajstić information content (AvgIpc) is 3.14. The quantitative estimate of drug-likeness (QED) is 0.756. The number of carbonyl (C=O) groups is 1. The first-order valence-electron chi connectivity index (χ1n) is 9.78. The number of hydrogen-bond acceptors (Lipinski definition) is 5. The summed E-state index contributed by atoms with van der Waals surface area (Å²) in [7, 11) is 0. The van der Waals surface area contributed by atoms with Gasteiger partial charge in [0.15, 0.2) is 0 Å². The Labute approximate surface area is 159 Å². The van der Waals surface area contributed by atoms with Crippen molar-refractivity contribution in [2.75, 3.05) is 19.7 Å². The van der Waals surface area contributed by atoms with E-state index in [4.69, 9.17) is 5.11 Å². The Morgan fingerprint density at radius 3 is 2.89 bits per heavy atom. The molecular weight excluding hydrogens is 342 g/mol. The van der Waals surface area contributed by atoms with E-state index >= 15 is 0 Å². The molecule has 0 aliphatic carbocycles. The van der Waals surface area contributed by atoms with Crippen molar-refractivity contribution in [1.82, 2.24) is 25.2 Å². The Balaban J connectivity index is 1.32. The number of fused-ring (bicyclic) bond motifs is 3. The Bertz CT molecular complexity index is 763. The first kappa shape index (κ1) is 18.1. The first-order valence-corrected chi connectivity index (χ1v) is 9.78. The number of nitrogens with zero attached hydrogens (tertiary/aromatic N) is 4. The molecule has 3 aliphatic rings. The van der Waals surface area contributed by atoms with Gasteiger partial charge in [-0.1, -0.05) is 35.5 Å². The smallest absolute Gasteiger partial charge is 0.224 e. The summed E-state index contributed by atoms with van der Waals surface area (Å²) in [5.41, 5.74) is 1.96. The van der Waals surface area contributed by atoms with Crippen LogP contribution in [-0.4, -0.2) is 56.6 Å². The van der Waals surface area contributed by atoms with Crippen molar-refractivity contribution in [2.45, 2.75) is 38.4 Å². The SMILES string of the molecule is O=C(NCc1ccccc1)[C@H]1CN2CC[C@H]1C[C@@H]2Cn1cc(CCO)nn1. The maximum atomic E-state index is 12.7. The normalized spacial score (nSPS) is 26.9. The highest BCUT2D eigenvalue weighted by molar-refractivity contribution is 5.79. The third-order valence-corrected chi connectivity index (χ3v) is 5.88. The van der Waals surface area contributed by atoms with E-state index in [1.165, 1.54) is 0 Å². The van der Waals surface area contributed by atoms with E-state index in [1.54, 1.807) is 0 Å². The molecule has 0 saturated carbocycles. The highest BCUT2D eigenvalue weighted by Crippen LogP contribution is 2.36. The molecule has 27 heavy (non-hydrogen) atoms. The fourth-order valence-corrected chi connectivity index (χ4v) is 4.41. The molecule has 2 N–H and O–H groups in total. The molecule has 3 aliphatic heterocycles. The average molecular weight is 369 g/mol. The minimum Gasteiger partial charge on any atom is -0.396 e. The Hall–Kier alpha value is -2.25. The molecule has 1 unspecified atom stereocenters. The second-order valence-electron chi connectivity index (χ2n) is 7.65. The van der Waals surface area contributed by atoms with Gasteiger partial charge in [-0.2, -0.15) is 0 Å². The number of aliphatic hydroxyl groups is 1. The fourth-order valence-electron chi connectivity index (χ4n) is 4.41. The van der Waals surface area contributed by atoms with Gasteiger partial charge in [0, 0.05) is 38.4 Å². The number of hydrogen-bond donors (Lipinski definition) is 2. The number of piperidine rings is 3. The van der Waals surface area contributed by atoms with Gasteiger partial charge in [-0.25, -0.2) is 0 Å². The van der Waals surface area contributed by atoms with Crippen molar-refractivity contribution >= 4 is 5.91 Å². The Morgan fingerprint density at radius 2 is 2.15 bits per heavy atom. The summed E-state index contributed by atoms with van der Waals surface area (Å²) in [5.74, 6) is 0.702. The molecule has 7 nitrogen and oxygen atoms in total. The van der Waals surface area contributed by atoms with E-state index in [-0.39, 0.29) is 18.4 Å². The van der Waals surface area contributed by atoms with E-state index in [1.807, 2.05) is 41.2 Å². The minimum absolute atomic E-state index is 0.0828. The third-order valence-electron chi connectivity index (χ3n) is 5.88. The van der Waals surface area contributed by atoms with Crippen LogP contribution in [0.25, 0.3) is 0 Å². The molecule has 5 rings (SSSR count). The number of carbonyl (C=O) groups excluding carboxylic acids is 1. The molecule has 1 aromatic carbocycles. The number of amides is 1. The molecular formula is C20H27N5O2. The zero-order valence-corrected chi connectivity index (χ0v) is 15.5. The molecule has 3 saturated heterocycles. The van der Waals surface area contributed by atoms with Crippen LogP contribution in [0.5, 0.6) is 0 Å². The highest BCUT2D eigenvalue weighted by atomic mass is 16.3. The van der Waals surface area contributed by atoms with Gasteiger partial charge < -0.3 is 10.4 Å². The van der Waals surface area contributed by atoms with Crippen LogP contribution >= 0.6 is 0 Å². The van der Waals surface area contributed by atoms with Crippen molar-refractivity contribution in [3.05, 3.63) is 47.8 Å². The van der Waals surface area contributed by atoms with Crippen LogP contribution in [0.15, 0.2) is 36.5 Å². The second kappa shape index (κ2) is 8.19. The van der Waals surface area contributed by atoms with Gasteiger partial charge in [0.2, 0.25) is 5.91 Å². The summed E-state index contributed by atoms with van der Waals surface area (Å²) in [6, 6.07) is 10.5. The second-order valence-corrected chi connectivity index (χ2v) is 7.65. The molecule has 2 bridgehead atoms. The largest absolute Gasteiger partial charge is 0.396 e. The van der Waals surface area contributed by atoms with Crippen molar-refractivity contribution in [3.63, 3.8) is 0 Å². The summed E-state index contributed by atoms with van der Waals surface area (Å²) in [4.78, 5) is 15.1. The number of aromatic nitrogens is 3. The lowest BCUT2D eigenvalue weighted by Crippen LogP contribution is -2.58. The van der Waals surface area contributed by atoms with Crippen LogP contribution in [-0.2, 0) is 24.3 Å². The van der Waals surface area contributed by atoms with Gasteiger partial charge in [-0.15, -0.1) is 5.10 Å². The molecule has 144 valence electrons. The van der Waals surface area contributed by atoms with Gasteiger partial charge in [-0.3, -0.25) is 14.4 Å². The topological polar surface area (TPSA) is 83.3 Å². The van der Waals surface area contributed by atoms with Gasteiger partial charge >= 0.3 is 0 Å². The molecule has 0 radical (unpaired) electrons. The van der Waals surface area contributed by atoms with Crippen molar-refractivity contribution in [1.29, 1.82) is 0 Å². The molecule has 0 spiro atoms. The van der Waals surface area contributed by atoms with Crippen molar-refractivity contribution < 1.29 is 9.90 Å². The molecule has 1 aromatic heterocycles. The number of rotatable bonds is 7. The molecule has 7 heteroatoms. The van der Waals surface area contributed by atoms with Gasteiger partial charge in [0.05, 0.1) is 18.2 Å². The van der Waals surface area contributed by atoms with Gasteiger partial charge in [0.25, 0.3) is 0 Å². The lowest BCUT2D eigenvalue weighted by molar-refractivity contribution is -0.133. The summed E-state index contributed by atoms with van der Waals surface area (Å²) in [6.07, 6.45) is 4.58. The predicted molar refractivity (Wildman–Crippen MR) is 101 cm³/mol. The van der Waals surface area contributed by atoms with Crippen molar-refractivity contribution in [3.8, 4) is 0 Å². The Morgan fingerprint density at radius 1 is 1.30 bits per heavy atom.